The summed E-state index contributed by atoms with van der Waals surface area (Å²) >= 11 is 0. The third-order valence-electron chi connectivity index (χ3n) is 2.65. The highest BCUT2D eigenvalue weighted by molar-refractivity contribution is 5.79. The fourth-order valence-electron chi connectivity index (χ4n) is 1.64. The Morgan fingerprint density at radius 1 is 0.714 bits per heavy atom. The second kappa shape index (κ2) is 5.41. The van der Waals surface area contributed by atoms with Crippen LogP contribution in [0.4, 0.5) is 0 Å². The summed E-state index contributed by atoms with van der Waals surface area (Å²) in [4.78, 5) is 21.4. The first-order valence-corrected chi connectivity index (χ1v) is 5.66. The first-order chi connectivity index (χ1) is 9.96. The first-order valence-electron chi connectivity index (χ1n) is 5.66. The van der Waals surface area contributed by atoms with Gasteiger partial charge >= 0.3 is 0 Å². The average Bonchev–Trinajstić information content (AvgIpc) is 2.47. The largest absolute Gasteiger partial charge is 0.504 e. The van der Waals surface area contributed by atoms with Crippen LogP contribution >= 0.6 is 0 Å². The van der Waals surface area contributed by atoms with Crippen LogP contribution in [0.1, 0.15) is 20.7 Å². The lowest BCUT2D eigenvalue weighted by molar-refractivity contribution is 0.111. The van der Waals surface area contributed by atoms with Gasteiger partial charge in [0.2, 0.25) is 11.5 Å². The third-order valence-corrected chi connectivity index (χ3v) is 2.65. The molecule has 0 saturated carbocycles. The van der Waals surface area contributed by atoms with E-state index < -0.39 is 23.0 Å². The SMILES string of the molecule is O=Cc1cc(O)c(O)c(Oc2cc(C=O)cc(O)c2O)c1. The van der Waals surface area contributed by atoms with Crippen LogP contribution in [0.15, 0.2) is 24.3 Å². The van der Waals surface area contributed by atoms with Gasteiger partial charge in [0.1, 0.15) is 12.6 Å². The molecule has 0 aliphatic carbocycles. The molecule has 2 aromatic carbocycles. The van der Waals surface area contributed by atoms with E-state index in [9.17, 15) is 30.0 Å². The number of aldehydes is 2. The van der Waals surface area contributed by atoms with E-state index >= 15 is 0 Å². The van der Waals surface area contributed by atoms with Crippen LogP contribution in [-0.2, 0) is 0 Å². The van der Waals surface area contributed by atoms with Gasteiger partial charge in [-0.1, -0.05) is 0 Å². The molecule has 7 nitrogen and oxygen atoms in total. The molecule has 108 valence electrons. The number of phenols is 4. The molecule has 0 aliphatic heterocycles. The predicted octanol–water partition coefficient (Wildman–Crippen LogP) is 1.93. The van der Waals surface area contributed by atoms with Gasteiger partial charge in [-0.3, -0.25) is 9.59 Å². The van der Waals surface area contributed by atoms with E-state index in [-0.39, 0.29) is 22.6 Å². The zero-order chi connectivity index (χ0) is 15.6. The third kappa shape index (κ3) is 2.71. The van der Waals surface area contributed by atoms with Gasteiger partial charge in [-0.15, -0.1) is 0 Å². The summed E-state index contributed by atoms with van der Waals surface area (Å²) in [5.41, 5.74) is 0.0473. The second-order valence-electron chi connectivity index (χ2n) is 4.11. The van der Waals surface area contributed by atoms with Crippen molar-refractivity contribution in [1.82, 2.24) is 0 Å². The van der Waals surface area contributed by atoms with E-state index in [0.29, 0.717) is 12.6 Å². The summed E-state index contributed by atoms with van der Waals surface area (Å²) < 4.78 is 5.15. The highest BCUT2D eigenvalue weighted by Gasteiger charge is 2.16. The molecule has 0 amide bonds. The molecule has 0 radical (unpaired) electrons. The quantitative estimate of drug-likeness (QED) is 0.501. The van der Waals surface area contributed by atoms with Crippen LogP contribution in [-0.4, -0.2) is 33.0 Å². The van der Waals surface area contributed by atoms with E-state index in [1.165, 1.54) is 0 Å². The maximum atomic E-state index is 10.7. The zero-order valence-electron chi connectivity index (χ0n) is 10.5. The van der Waals surface area contributed by atoms with Crippen molar-refractivity contribution in [3.05, 3.63) is 35.4 Å². The lowest BCUT2D eigenvalue weighted by Crippen LogP contribution is -1.91. The normalized spacial score (nSPS) is 10.1. The number of aromatic hydroxyl groups is 4. The molecule has 0 fully saturated rings. The van der Waals surface area contributed by atoms with Crippen molar-refractivity contribution >= 4 is 12.6 Å². The van der Waals surface area contributed by atoms with Gasteiger partial charge in [0.05, 0.1) is 0 Å². The van der Waals surface area contributed by atoms with E-state index in [4.69, 9.17) is 4.74 Å². The lowest BCUT2D eigenvalue weighted by atomic mass is 10.2. The molecule has 0 spiro atoms. The highest BCUT2D eigenvalue weighted by atomic mass is 16.5. The van der Waals surface area contributed by atoms with Crippen molar-refractivity contribution in [3.8, 4) is 34.5 Å². The van der Waals surface area contributed by atoms with E-state index in [1.54, 1.807) is 0 Å². The summed E-state index contributed by atoms with van der Waals surface area (Å²) in [6, 6.07) is 4.28. The Kier molecular flexibility index (Phi) is 3.66. The molecule has 0 heterocycles. The molecule has 0 saturated heterocycles. The van der Waals surface area contributed by atoms with Crippen LogP contribution in [0.2, 0.25) is 0 Å². The smallest absolute Gasteiger partial charge is 0.201 e. The number of benzene rings is 2. The standard InChI is InChI=1S/C14H10O7/c15-5-7-1-9(17)13(19)11(3-7)21-12-4-8(6-16)2-10(18)14(12)20/h1-6,17-20H. The fourth-order valence-corrected chi connectivity index (χ4v) is 1.64. The number of phenolic OH excluding ortho intramolecular Hbond substituents is 4. The van der Waals surface area contributed by atoms with Crippen molar-refractivity contribution in [2.75, 3.05) is 0 Å². The van der Waals surface area contributed by atoms with Gasteiger partial charge in [0.15, 0.2) is 23.0 Å². The van der Waals surface area contributed by atoms with Crippen molar-refractivity contribution in [2.24, 2.45) is 0 Å². The second-order valence-corrected chi connectivity index (χ2v) is 4.11. The Morgan fingerprint density at radius 3 is 1.43 bits per heavy atom. The molecule has 2 aromatic rings. The minimum atomic E-state index is -0.656. The van der Waals surface area contributed by atoms with E-state index in [2.05, 4.69) is 0 Å². The fraction of sp³-hybridized carbons (Fsp3) is 0. The van der Waals surface area contributed by atoms with Gasteiger partial charge in [-0.25, -0.2) is 0 Å². The maximum absolute atomic E-state index is 10.7. The van der Waals surface area contributed by atoms with Crippen LogP contribution in [0, 0.1) is 0 Å². The summed E-state index contributed by atoms with van der Waals surface area (Å²) in [6.07, 6.45) is 0.844. The van der Waals surface area contributed by atoms with E-state index in [0.717, 1.165) is 24.3 Å². The highest BCUT2D eigenvalue weighted by Crippen LogP contribution is 2.43. The zero-order valence-corrected chi connectivity index (χ0v) is 10.5. The van der Waals surface area contributed by atoms with Crippen molar-refractivity contribution in [3.63, 3.8) is 0 Å². The van der Waals surface area contributed by atoms with Gasteiger partial charge in [0, 0.05) is 11.1 Å². The number of carbonyl (C=O) groups excluding carboxylic acids is 2. The molecule has 0 bridgehead atoms. The average molecular weight is 290 g/mol. The summed E-state index contributed by atoms with van der Waals surface area (Å²) in [6.45, 7) is 0. The number of carbonyl (C=O) groups is 2. The molecule has 4 N–H and O–H groups in total. The van der Waals surface area contributed by atoms with Crippen LogP contribution < -0.4 is 4.74 Å². The lowest BCUT2D eigenvalue weighted by Gasteiger charge is -2.12. The summed E-state index contributed by atoms with van der Waals surface area (Å²) in [5, 5.41) is 38.2. The van der Waals surface area contributed by atoms with Gasteiger partial charge in [0.25, 0.3) is 0 Å². The summed E-state index contributed by atoms with van der Waals surface area (Å²) in [7, 11) is 0. The Hall–Kier alpha value is -3.22. The minimum Gasteiger partial charge on any atom is -0.504 e. The van der Waals surface area contributed by atoms with Gasteiger partial charge < -0.3 is 25.2 Å². The molecule has 0 aliphatic rings. The number of hydrogen-bond donors (Lipinski definition) is 4. The van der Waals surface area contributed by atoms with Crippen LogP contribution in [0.25, 0.3) is 0 Å². The predicted molar refractivity (Wildman–Crippen MR) is 70.4 cm³/mol. The van der Waals surface area contributed by atoms with Gasteiger partial charge in [-0.2, -0.15) is 0 Å². The van der Waals surface area contributed by atoms with Crippen molar-refractivity contribution in [2.45, 2.75) is 0 Å². The molecule has 0 unspecified atom stereocenters. The Morgan fingerprint density at radius 2 is 1.10 bits per heavy atom. The molecule has 0 atom stereocenters. The Bertz CT molecular complexity index is 660. The van der Waals surface area contributed by atoms with Crippen molar-refractivity contribution < 1.29 is 34.8 Å². The topological polar surface area (TPSA) is 124 Å². The number of hydrogen-bond acceptors (Lipinski definition) is 7. The maximum Gasteiger partial charge on any atom is 0.201 e. The molecular formula is C14H10O7. The monoisotopic (exact) mass is 290 g/mol. The van der Waals surface area contributed by atoms with Crippen LogP contribution in [0.3, 0.4) is 0 Å². The first kappa shape index (κ1) is 14.2. The number of rotatable bonds is 4. The molecule has 7 heteroatoms. The van der Waals surface area contributed by atoms with E-state index in [1.807, 2.05) is 0 Å². The van der Waals surface area contributed by atoms with Crippen molar-refractivity contribution in [1.29, 1.82) is 0 Å². The van der Waals surface area contributed by atoms with Crippen LogP contribution in [0.5, 0.6) is 34.5 Å². The molecular weight excluding hydrogens is 280 g/mol. The summed E-state index contributed by atoms with van der Waals surface area (Å²) in [5.74, 6) is -3.15. The Balaban J connectivity index is 2.52. The molecule has 2 rings (SSSR count). The molecule has 21 heavy (non-hydrogen) atoms. The van der Waals surface area contributed by atoms with Gasteiger partial charge in [-0.05, 0) is 24.3 Å². The Labute approximate surface area is 118 Å². The molecule has 0 aromatic heterocycles. The number of ether oxygens (including phenoxy) is 1. The minimum absolute atomic E-state index is 0.0237.